The van der Waals surface area contributed by atoms with E-state index < -0.39 is 0 Å². The minimum absolute atomic E-state index is 0.797. The molecule has 0 amide bonds. The molecule has 0 aromatic carbocycles. The van der Waals surface area contributed by atoms with Gasteiger partial charge in [0.05, 0.1) is 10.2 Å². The molecule has 134 valence electrons. The van der Waals surface area contributed by atoms with E-state index >= 15 is 0 Å². The highest BCUT2D eigenvalue weighted by molar-refractivity contribution is 7.18. The van der Waals surface area contributed by atoms with E-state index in [-0.39, 0.29) is 0 Å². The Morgan fingerprint density at radius 3 is 2.44 bits per heavy atom. The lowest BCUT2D eigenvalue weighted by atomic mass is 9.96. The van der Waals surface area contributed by atoms with Crippen LogP contribution in [0.15, 0.2) is 11.7 Å². The number of aromatic nitrogens is 2. The Morgan fingerprint density at radius 1 is 1.00 bits per heavy atom. The number of piperazine rings is 1. The maximum Gasteiger partial charge on any atom is 0.150 e. The number of hydrogen-bond acceptors (Lipinski definition) is 6. The molecule has 25 heavy (non-hydrogen) atoms. The number of hydrogen-bond donors (Lipinski definition) is 0. The monoisotopic (exact) mass is 357 g/mol. The Balaban J connectivity index is 1.28. The smallest absolute Gasteiger partial charge is 0.150 e. The standard InChI is InChI=1S/C19H27N5S/c1-13-11-25-18-17(13)20-12-21-19(18)24-7-5-23(6-8-24)16-9-14-3-4-15(10-16)22(14)2/h11-12,14-16H,3-10H2,1-2H3. The Bertz CT molecular complexity index is 752. The molecule has 6 heteroatoms. The molecular weight excluding hydrogens is 330 g/mol. The lowest BCUT2D eigenvalue weighted by Crippen LogP contribution is -2.55. The van der Waals surface area contributed by atoms with Crippen LogP contribution >= 0.6 is 11.3 Å². The lowest BCUT2D eigenvalue weighted by molar-refractivity contribution is 0.0719. The highest BCUT2D eigenvalue weighted by atomic mass is 32.1. The van der Waals surface area contributed by atoms with Gasteiger partial charge in [-0.3, -0.25) is 4.90 Å². The van der Waals surface area contributed by atoms with Crippen LogP contribution in [0.2, 0.25) is 0 Å². The summed E-state index contributed by atoms with van der Waals surface area (Å²) >= 11 is 1.79. The van der Waals surface area contributed by atoms with E-state index in [9.17, 15) is 0 Å². The molecule has 2 unspecified atom stereocenters. The molecule has 3 aliphatic rings. The van der Waals surface area contributed by atoms with Gasteiger partial charge in [-0.25, -0.2) is 9.97 Å². The summed E-state index contributed by atoms with van der Waals surface area (Å²) in [7, 11) is 2.33. The number of rotatable bonds is 2. The second kappa shape index (κ2) is 6.18. The van der Waals surface area contributed by atoms with Crippen LogP contribution in [0.3, 0.4) is 0 Å². The lowest BCUT2D eigenvalue weighted by Gasteiger charge is -2.45. The molecule has 0 saturated carbocycles. The summed E-state index contributed by atoms with van der Waals surface area (Å²) in [6.45, 7) is 6.66. The van der Waals surface area contributed by atoms with E-state index in [0.717, 1.165) is 42.5 Å². The van der Waals surface area contributed by atoms with Gasteiger partial charge < -0.3 is 9.80 Å². The average molecular weight is 358 g/mol. The molecule has 0 aliphatic carbocycles. The quantitative estimate of drug-likeness (QED) is 0.826. The van der Waals surface area contributed by atoms with Gasteiger partial charge in [-0.1, -0.05) is 0 Å². The van der Waals surface area contributed by atoms with Crippen LogP contribution in [-0.4, -0.2) is 71.1 Å². The van der Waals surface area contributed by atoms with Crippen LogP contribution in [0.1, 0.15) is 31.2 Å². The predicted octanol–water partition coefficient (Wildman–Crippen LogP) is 2.75. The van der Waals surface area contributed by atoms with Crippen LogP contribution in [0.25, 0.3) is 10.2 Å². The zero-order valence-corrected chi connectivity index (χ0v) is 16.0. The first-order chi connectivity index (χ1) is 12.2. The molecule has 5 nitrogen and oxygen atoms in total. The van der Waals surface area contributed by atoms with Gasteiger partial charge >= 0.3 is 0 Å². The third-order valence-electron chi connectivity index (χ3n) is 6.72. The summed E-state index contributed by atoms with van der Waals surface area (Å²) in [5, 5.41) is 2.20. The second-order valence-electron chi connectivity index (χ2n) is 7.99. The highest BCUT2D eigenvalue weighted by Crippen LogP contribution is 2.37. The first-order valence-corrected chi connectivity index (χ1v) is 10.5. The average Bonchev–Trinajstić information content (AvgIpc) is 3.09. The summed E-state index contributed by atoms with van der Waals surface area (Å²) in [6, 6.07) is 2.46. The van der Waals surface area contributed by atoms with Gasteiger partial charge in [0.1, 0.15) is 12.1 Å². The third kappa shape index (κ3) is 2.66. The zero-order valence-electron chi connectivity index (χ0n) is 15.2. The van der Waals surface area contributed by atoms with Crippen molar-refractivity contribution < 1.29 is 0 Å². The minimum Gasteiger partial charge on any atom is -0.353 e. The van der Waals surface area contributed by atoms with Crippen molar-refractivity contribution in [1.82, 2.24) is 19.8 Å². The number of thiophene rings is 1. The Morgan fingerprint density at radius 2 is 1.72 bits per heavy atom. The first-order valence-electron chi connectivity index (χ1n) is 9.60. The van der Waals surface area contributed by atoms with Gasteiger partial charge in [0, 0.05) is 44.3 Å². The van der Waals surface area contributed by atoms with Gasteiger partial charge in [0.25, 0.3) is 0 Å². The fourth-order valence-corrected chi connectivity index (χ4v) is 6.18. The van der Waals surface area contributed by atoms with Crippen molar-refractivity contribution in [2.75, 3.05) is 38.1 Å². The van der Waals surface area contributed by atoms with Crippen LogP contribution < -0.4 is 4.90 Å². The number of piperidine rings is 1. The molecule has 0 radical (unpaired) electrons. The van der Waals surface area contributed by atoms with E-state index in [1.165, 1.54) is 49.0 Å². The maximum atomic E-state index is 4.63. The van der Waals surface area contributed by atoms with Crippen molar-refractivity contribution in [3.8, 4) is 0 Å². The van der Waals surface area contributed by atoms with Crippen LogP contribution in [0, 0.1) is 6.92 Å². The molecule has 2 aromatic heterocycles. The third-order valence-corrected chi connectivity index (χ3v) is 7.80. The van der Waals surface area contributed by atoms with Crippen LogP contribution in [0.5, 0.6) is 0 Å². The van der Waals surface area contributed by atoms with Crippen molar-refractivity contribution in [1.29, 1.82) is 0 Å². The molecule has 3 fully saturated rings. The maximum absolute atomic E-state index is 4.63. The Kier molecular flexibility index (Phi) is 3.95. The second-order valence-corrected chi connectivity index (χ2v) is 8.87. The number of nitrogens with zero attached hydrogens (tertiary/aromatic N) is 5. The van der Waals surface area contributed by atoms with Gasteiger partial charge in [0.2, 0.25) is 0 Å². The first kappa shape index (κ1) is 16.0. The molecule has 2 aromatic rings. The predicted molar refractivity (Wildman–Crippen MR) is 104 cm³/mol. The summed E-state index contributed by atoms with van der Waals surface area (Å²) in [5.74, 6) is 1.14. The van der Waals surface area contributed by atoms with Gasteiger partial charge in [-0.15, -0.1) is 11.3 Å². The fourth-order valence-electron chi connectivity index (χ4n) is 5.16. The SMILES string of the molecule is Cc1csc2c(N3CCN(C4CC5CCC(C4)N5C)CC3)ncnc12. The summed E-state index contributed by atoms with van der Waals surface area (Å²) < 4.78 is 1.26. The van der Waals surface area contributed by atoms with Gasteiger partial charge in [-0.05, 0) is 50.6 Å². The van der Waals surface area contributed by atoms with Crippen molar-refractivity contribution in [2.24, 2.45) is 0 Å². The topological polar surface area (TPSA) is 35.5 Å². The van der Waals surface area contributed by atoms with Gasteiger partial charge in [0.15, 0.2) is 0 Å². The molecule has 3 aliphatic heterocycles. The Hall–Kier alpha value is -1.24. The minimum atomic E-state index is 0.797. The van der Waals surface area contributed by atoms with Crippen LogP contribution in [-0.2, 0) is 0 Å². The largest absolute Gasteiger partial charge is 0.353 e. The Labute approximate surface area is 153 Å². The molecule has 5 heterocycles. The summed E-state index contributed by atoms with van der Waals surface area (Å²) in [5.41, 5.74) is 2.40. The molecule has 0 spiro atoms. The number of anilines is 1. The summed E-state index contributed by atoms with van der Waals surface area (Å²) in [4.78, 5) is 17.0. The molecule has 2 bridgehead atoms. The number of aryl methyl sites for hydroxylation is 1. The normalized spacial score (nSPS) is 31.1. The zero-order chi connectivity index (χ0) is 17.0. The van der Waals surface area contributed by atoms with E-state index in [1.807, 2.05) is 0 Å². The van der Waals surface area contributed by atoms with Crippen molar-refractivity contribution in [3.05, 3.63) is 17.3 Å². The van der Waals surface area contributed by atoms with E-state index in [4.69, 9.17) is 0 Å². The van der Waals surface area contributed by atoms with Gasteiger partial charge in [-0.2, -0.15) is 0 Å². The number of fused-ring (bicyclic) bond motifs is 3. The van der Waals surface area contributed by atoms with Crippen molar-refractivity contribution >= 4 is 27.4 Å². The molecule has 2 atom stereocenters. The molecule has 3 saturated heterocycles. The summed E-state index contributed by atoms with van der Waals surface area (Å²) in [6.07, 6.45) is 7.30. The van der Waals surface area contributed by atoms with Crippen molar-refractivity contribution in [2.45, 2.75) is 50.7 Å². The molecule has 0 N–H and O–H groups in total. The van der Waals surface area contributed by atoms with Crippen molar-refractivity contribution in [3.63, 3.8) is 0 Å². The van der Waals surface area contributed by atoms with Crippen LogP contribution in [0.4, 0.5) is 5.82 Å². The fraction of sp³-hybridized carbons (Fsp3) is 0.684. The highest BCUT2D eigenvalue weighted by Gasteiger charge is 2.40. The van der Waals surface area contributed by atoms with E-state index in [1.54, 1.807) is 17.7 Å². The molecular formula is C19H27N5S. The molecule has 5 rings (SSSR count). The van der Waals surface area contributed by atoms with E-state index in [2.05, 4.69) is 44.0 Å². The van der Waals surface area contributed by atoms with E-state index in [0.29, 0.717) is 0 Å².